The third kappa shape index (κ3) is 3.72. The van der Waals surface area contributed by atoms with Gasteiger partial charge < -0.3 is 9.42 Å². The normalized spacial score (nSPS) is 15.8. The molecule has 1 amide bonds. The number of nitrogens with zero attached hydrogens (tertiary/aromatic N) is 4. The minimum Gasteiger partial charge on any atom is -0.356 e. The second-order valence-electron chi connectivity index (χ2n) is 6.98. The van der Waals surface area contributed by atoms with Crippen molar-refractivity contribution in [3.05, 3.63) is 45.0 Å². The largest absolute Gasteiger partial charge is 0.356 e. The van der Waals surface area contributed by atoms with Crippen molar-refractivity contribution in [1.82, 2.24) is 19.9 Å². The molecule has 4 rings (SSSR count). The van der Waals surface area contributed by atoms with E-state index in [1.165, 1.54) is 11.3 Å². The predicted octanol–water partition coefficient (Wildman–Crippen LogP) is 3.98. The Morgan fingerprint density at radius 2 is 2.19 bits per heavy atom. The molecule has 0 aliphatic carbocycles. The lowest BCUT2D eigenvalue weighted by Crippen LogP contribution is -2.45. The van der Waals surface area contributed by atoms with Gasteiger partial charge in [0.15, 0.2) is 5.58 Å². The maximum absolute atomic E-state index is 12.6. The number of aromatic nitrogens is 2. The van der Waals surface area contributed by atoms with Crippen LogP contribution in [0.15, 0.2) is 28.2 Å². The van der Waals surface area contributed by atoms with Gasteiger partial charge in [-0.1, -0.05) is 16.8 Å². The fourth-order valence-electron chi connectivity index (χ4n) is 3.60. The van der Waals surface area contributed by atoms with E-state index < -0.39 is 0 Å². The Balaban J connectivity index is 1.38. The molecule has 3 aromatic rings. The van der Waals surface area contributed by atoms with Crippen LogP contribution in [0.4, 0.5) is 0 Å². The van der Waals surface area contributed by atoms with Gasteiger partial charge in [0.05, 0.1) is 11.2 Å². The molecule has 3 heterocycles. The average molecular weight is 405 g/mol. The molecule has 0 bridgehead atoms. The van der Waals surface area contributed by atoms with Crippen LogP contribution in [0.25, 0.3) is 11.0 Å². The summed E-state index contributed by atoms with van der Waals surface area (Å²) >= 11 is 7.53. The van der Waals surface area contributed by atoms with Crippen molar-refractivity contribution in [1.29, 1.82) is 0 Å². The average Bonchev–Trinajstić information content (AvgIpc) is 3.27. The maximum Gasteiger partial charge on any atom is 0.265 e. The Kier molecular flexibility index (Phi) is 5.16. The number of hydrogen-bond acceptors (Lipinski definition) is 6. The van der Waals surface area contributed by atoms with Crippen LogP contribution in [0, 0.1) is 6.92 Å². The number of piperidine rings is 1. The zero-order valence-electron chi connectivity index (χ0n) is 15.3. The molecule has 1 saturated heterocycles. The summed E-state index contributed by atoms with van der Waals surface area (Å²) < 4.78 is 5.40. The number of carbonyl (C=O) groups is 1. The molecule has 1 fully saturated rings. The topological polar surface area (TPSA) is 62.5 Å². The summed E-state index contributed by atoms with van der Waals surface area (Å²) in [6.07, 6.45) is 1.88. The fraction of sp³-hybridized carbons (Fsp3) is 0.421. The van der Waals surface area contributed by atoms with E-state index >= 15 is 0 Å². The Bertz CT molecular complexity index is 962. The highest BCUT2D eigenvalue weighted by Gasteiger charge is 2.28. The highest BCUT2D eigenvalue weighted by Crippen LogP contribution is 2.26. The first-order chi connectivity index (χ1) is 13.0. The van der Waals surface area contributed by atoms with E-state index in [-0.39, 0.29) is 5.91 Å². The molecule has 0 unspecified atom stereocenters. The van der Waals surface area contributed by atoms with Gasteiger partial charge in [0.2, 0.25) is 0 Å². The Hall–Kier alpha value is -1.96. The van der Waals surface area contributed by atoms with Gasteiger partial charge in [-0.25, -0.2) is 4.98 Å². The van der Waals surface area contributed by atoms with Crippen LogP contribution in [-0.4, -0.2) is 52.0 Å². The minimum atomic E-state index is 0.105. The molecule has 1 aliphatic rings. The van der Waals surface area contributed by atoms with Gasteiger partial charge in [0.1, 0.15) is 10.6 Å². The Morgan fingerprint density at radius 1 is 1.41 bits per heavy atom. The number of fused-ring (bicyclic) bond motifs is 1. The van der Waals surface area contributed by atoms with Gasteiger partial charge in [0, 0.05) is 36.1 Å². The molecule has 0 N–H and O–H groups in total. The fourth-order valence-corrected chi connectivity index (χ4v) is 4.54. The van der Waals surface area contributed by atoms with E-state index in [2.05, 4.69) is 22.1 Å². The monoisotopic (exact) mass is 404 g/mol. The van der Waals surface area contributed by atoms with Crippen LogP contribution in [0.1, 0.15) is 33.9 Å². The van der Waals surface area contributed by atoms with Crippen molar-refractivity contribution >= 4 is 39.8 Å². The summed E-state index contributed by atoms with van der Waals surface area (Å²) in [7, 11) is 2.10. The number of benzene rings is 1. The summed E-state index contributed by atoms with van der Waals surface area (Å²) in [6, 6.07) is 5.96. The van der Waals surface area contributed by atoms with E-state index in [9.17, 15) is 4.79 Å². The second kappa shape index (κ2) is 7.58. The minimum absolute atomic E-state index is 0.105. The van der Waals surface area contributed by atoms with Gasteiger partial charge in [-0.05, 0) is 45.0 Å². The zero-order chi connectivity index (χ0) is 19.0. The first-order valence-corrected chi connectivity index (χ1v) is 10.2. The van der Waals surface area contributed by atoms with Crippen LogP contribution >= 0.6 is 22.9 Å². The maximum atomic E-state index is 12.6. The van der Waals surface area contributed by atoms with E-state index in [1.54, 1.807) is 11.6 Å². The Labute approximate surface area is 166 Å². The van der Waals surface area contributed by atoms with E-state index in [4.69, 9.17) is 16.1 Å². The summed E-state index contributed by atoms with van der Waals surface area (Å²) in [6.45, 7) is 4.10. The van der Waals surface area contributed by atoms with E-state index in [0.717, 1.165) is 53.2 Å². The molecule has 0 saturated carbocycles. The van der Waals surface area contributed by atoms with Crippen molar-refractivity contribution < 1.29 is 9.32 Å². The molecule has 8 heteroatoms. The van der Waals surface area contributed by atoms with Crippen LogP contribution in [0.5, 0.6) is 0 Å². The van der Waals surface area contributed by atoms with Crippen LogP contribution in [0.2, 0.25) is 5.02 Å². The van der Waals surface area contributed by atoms with Crippen molar-refractivity contribution in [3.8, 4) is 0 Å². The van der Waals surface area contributed by atoms with Gasteiger partial charge in [0.25, 0.3) is 5.91 Å². The third-order valence-electron chi connectivity index (χ3n) is 5.22. The number of halogens is 1. The molecular weight excluding hydrogens is 384 g/mol. The first-order valence-electron chi connectivity index (χ1n) is 8.96. The third-order valence-corrected chi connectivity index (χ3v) is 6.37. The van der Waals surface area contributed by atoms with Gasteiger partial charge in [-0.15, -0.1) is 11.3 Å². The summed E-state index contributed by atoms with van der Waals surface area (Å²) in [5, 5.41) is 5.85. The smallest absolute Gasteiger partial charge is 0.265 e. The standard InChI is InChI=1S/C19H21ClN4O2S/c1-12-18(27-11-21-12)19(25)24-7-5-14(6-8-24)23(2)10-16-15-9-13(20)3-4-17(15)26-22-16/h3-4,9,11,14H,5-8,10H2,1-2H3. The zero-order valence-corrected chi connectivity index (χ0v) is 16.9. The van der Waals surface area contributed by atoms with Crippen molar-refractivity contribution in [2.45, 2.75) is 32.4 Å². The first kappa shape index (κ1) is 18.4. The SMILES string of the molecule is Cc1ncsc1C(=O)N1CCC(N(C)Cc2noc3ccc(Cl)cc23)CC1. The molecule has 2 aromatic heterocycles. The number of amides is 1. The second-order valence-corrected chi connectivity index (χ2v) is 8.27. The number of carbonyl (C=O) groups excluding carboxylic acids is 1. The number of likely N-dealkylation sites (tertiary alicyclic amines) is 1. The lowest BCUT2D eigenvalue weighted by Gasteiger charge is -2.36. The molecule has 6 nitrogen and oxygen atoms in total. The number of rotatable bonds is 4. The van der Waals surface area contributed by atoms with Crippen molar-refractivity contribution in [2.24, 2.45) is 0 Å². The number of hydrogen-bond donors (Lipinski definition) is 0. The summed E-state index contributed by atoms with van der Waals surface area (Å²) in [5.74, 6) is 0.105. The molecule has 142 valence electrons. The predicted molar refractivity (Wildman–Crippen MR) is 106 cm³/mol. The highest BCUT2D eigenvalue weighted by atomic mass is 35.5. The van der Waals surface area contributed by atoms with E-state index in [1.807, 2.05) is 24.0 Å². The molecule has 0 radical (unpaired) electrons. The number of aryl methyl sites for hydroxylation is 1. The van der Waals surface area contributed by atoms with Crippen LogP contribution in [0.3, 0.4) is 0 Å². The summed E-state index contributed by atoms with van der Waals surface area (Å²) in [5.41, 5.74) is 4.20. The van der Waals surface area contributed by atoms with Gasteiger partial charge >= 0.3 is 0 Å². The lowest BCUT2D eigenvalue weighted by atomic mass is 10.0. The highest BCUT2D eigenvalue weighted by molar-refractivity contribution is 7.11. The lowest BCUT2D eigenvalue weighted by molar-refractivity contribution is 0.0642. The van der Waals surface area contributed by atoms with Crippen LogP contribution < -0.4 is 0 Å². The van der Waals surface area contributed by atoms with Crippen molar-refractivity contribution in [2.75, 3.05) is 20.1 Å². The quantitative estimate of drug-likeness (QED) is 0.658. The molecule has 0 atom stereocenters. The van der Waals surface area contributed by atoms with Crippen LogP contribution in [-0.2, 0) is 6.54 Å². The molecule has 1 aromatic carbocycles. The van der Waals surface area contributed by atoms with Gasteiger partial charge in [-0.2, -0.15) is 0 Å². The van der Waals surface area contributed by atoms with E-state index in [0.29, 0.717) is 17.6 Å². The number of thiazole rings is 1. The molecule has 27 heavy (non-hydrogen) atoms. The van der Waals surface area contributed by atoms with Crippen molar-refractivity contribution in [3.63, 3.8) is 0 Å². The van der Waals surface area contributed by atoms with Gasteiger partial charge in [-0.3, -0.25) is 9.69 Å². The molecule has 0 spiro atoms. The summed E-state index contributed by atoms with van der Waals surface area (Å²) in [4.78, 5) is 21.8. The molecule has 1 aliphatic heterocycles. The molecular formula is C19H21ClN4O2S. The Morgan fingerprint density at radius 3 is 2.89 bits per heavy atom.